The predicted molar refractivity (Wildman–Crippen MR) is 89.7 cm³/mol. The molecule has 0 atom stereocenters. The van der Waals surface area contributed by atoms with Gasteiger partial charge in [0.15, 0.2) is 0 Å². The molecular weight excluding hydrogens is 289 g/mol. The number of anilines is 1. The van der Waals surface area contributed by atoms with Crippen LogP contribution < -0.4 is 5.32 Å². The molecule has 0 aliphatic carbocycles. The first kappa shape index (κ1) is 14.0. The fourth-order valence-corrected chi connectivity index (χ4v) is 3.16. The number of hydrogen-bond acceptors (Lipinski definition) is 2. The van der Waals surface area contributed by atoms with E-state index in [-0.39, 0.29) is 5.82 Å². The first-order chi connectivity index (χ1) is 11.2. The van der Waals surface area contributed by atoms with Gasteiger partial charge < -0.3 is 5.32 Å². The van der Waals surface area contributed by atoms with Crippen molar-refractivity contribution in [2.75, 3.05) is 11.9 Å². The molecule has 2 heterocycles. The Labute approximate surface area is 134 Å². The van der Waals surface area contributed by atoms with E-state index in [1.54, 1.807) is 0 Å². The van der Waals surface area contributed by atoms with Crippen LogP contribution in [0.2, 0.25) is 0 Å². The number of rotatable bonds is 3. The Bertz CT molecular complexity index is 850. The molecule has 23 heavy (non-hydrogen) atoms. The summed E-state index contributed by atoms with van der Waals surface area (Å²) in [6.07, 6.45) is 1.71. The molecule has 0 unspecified atom stereocenters. The summed E-state index contributed by atoms with van der Waals surface area (Å²) < 4.78 is 15.1. The number of aromatic nitrogens is 2. The van der Waals surface area contributed by atoms with Gasteiger partial charge in [0.25, 0.3) is 0 Å². The van der Waals surface area contributed by atoms with E-state index in [4.69, 9.17) is 5.10 Å². The highest BCUT2D eigenvalue weighted by Crippen LogP contribution is 2.30. The maximum Gasteiger partial charge on any atom is 0.133 e. The molecule has 0 fully saturated rings. The van der Waals surface area contributed by atoms with Gasteiger partial charge in [0.2, 0.25) is 0 Å². The third-order valence-corrected chi connectivity index (χ3v) is 4.36. The maximum atomic E-state index is 13.1. The summed E-state index contributed by atoms with van der Waals surface area (Å²) >= 11 is 0. The van der Waals surface area contributed by atoms with Crippen LogP contribution in [0.25, 0.3) is 5.69 Å². The van der Waals surface area contributed by atoms with E-state index in [9.17, 15) is 4.39 Å². The van der Waals surface area contributed by atoms with Crippen molar-refractivity contribution in [3.05, 3.63) is 76.7 Å². The average molecular weight is 307 g/mol. The molecule has 0 radical (unpaired) electrons. The van der Waals surface area contributed by atoms with Crippen molar-refractivity contribution in [1.29, 1.82) is 0 Å². The molecule has 116 valence electrons. The van der Waals surface area contributed by atoms with Crippen LogP contribution in [0.1, 0.15) is 22.4 Å². The van der Waals surface area contributed by atoms with Crippen LogP contribution in [-0.4, -0.2) is 16.3 Å². The molecule has 3 nitrogen and oxygen atoms in total. The van der Waals surface area contributed by atoms with Crippen molar-refractivity contribution in [1.82, 2.24) is 9.78 Å². The molecular formula is C19H18FN3. The smallest absolute Gasteiger partial charge is 0.133 e. The van der Waals surface area contributed by atoms with Gasteiger partial charge in [-0.2, -0.15) is 5.10 Å². The molecule has 0 amide bonds. The Morgan fingerprint density at radius 1 is 1.13 bits per heavy atom. The molecule has 1 aliphatic heterocycles. The molecule has 0 spiro atoms. The number of para-hydroxylation sites is 1. The lowest BCUT2D eigenvalue weighted by molar-refractivity contribution is 0.627. The maximum absolute atomic E-state index is 13.1. The molecule has 1 aliphatic rings. The Morgan fingerprint density at radius 3 is 2.70 bits per heavy atom. The van der Waals surface area contributed by atoms with Gasteiger partial charge in [-0.05, 0) is 42.7 Å². The van der Waals surface area contributed by atoms with Crippen molar-refractivity contribution in [2.45, 2.75) is 19.8 Å². The lowest BCUT2D eigenvalue weighted by Gasteiger charge is -2.09. The minimum absolute atomic E-state index is 0.203. The fourth-order valence-electron chi connectivity index (χ4n) is 3.16. The SMILES string of the molecule is Cc1ccccc1-n1nc(Cc2ccc(F)cc2)c2c1NCC2. The molecule has 4 rings (SSSR count). The average Bonchev–Trinajstić information content (AvgIpc) is 3.14. The van der Waals surface area contributed by atoms with Crippen LogP contribution in [0, 0.1) is 12.7 Å². The number of benzene rings is 2. The number of halogens is 1. The molecule has 3 aromatic rings. The second kappa shape index (κ2) is 5.54. The van der Waals surface area contributed by atoms with Crippen LogP contribution in [-0.2, 0) is 12.8 Å². The number of nitrogens with one attached hydrogen (secondary N) is 1. The van der Waals surface area contributed by atoms with Crippen LogP contribution >= 0.6 is 0 Å². The molecule has 0 bridgehead atoms. The Balaban J connectivity index is 1.76. The van der Waals surface area contributed by atoms with E-state index in [1.165, 1.54) is 23.3 Å². The molecule has 0 saturated heterocycles. The Kier molecular flexibility index (Phi) is 3.37. The van der Waals surface area contributed by atoms with Gasteiger partial charge in [-0.3, -0.25) is 0 Å². The van der Waals surface area contributed by atoms with E-state index in [0.29, 0.717) is 0 Å². The van der Waals surface area contributed by atoms with Crippen LogP contribution in [0.15, 0.2) is 48.5 Å². The molecule has 1 N–H and O–H groups in total. The number of hydrogen-bond donors (Lipinski definition) is 1. The van der Waals surface area contributed by atoms with Gasteiger partial charge in [-0.25, -0.2) is 9.07 Å². The van der Waals surface area contributed by atoms with Crippen molar-refractivity contribution in [3.8, 4) is 5.69 Å². The zero-order valence-electron chi connectivity index (χ0n) is 13.0. The van der Waals surface area contributed by atoms with Crippen LogP contribution in [0.4, 0.5) is 10.2 Å². The third kappa shape index (κ3) is 2.50. The monoisotopic (exact) mass is 307 g/mol. The summed E-state index contributed by atoms with van der Waals surface area (Å²) in [6.45, 7) is 3.04. The zero-order valence-corrected chi connectivity index (χ0v) is 13.0. The highest BCUT2D eigenvalue weighted by atomic mass is 19.1. The summed E-state index contributed by atoms with van der Waals surface area (Å²) in [5.74, 6) is 0.891. The van der Waals surface area contributed by atoms with E-state index in [2.05, 4.69) is 24.4 Å². The summed E-state index contributed by atoms with van der Waals surface area (Å²) in [4.78, 5) is 0. The number of fused-ring (bicyclic) bond motifs is 1. The fraction of sp³-hybridized carbons (Fsp3) is 0.211. The third-order valence-electron chi connectivity index (χ3n) is 4.36. The normalized spacial score (nSPS) is 13.0. The molecule has 2 aromatic carbocycles. The minimum Gasteiger partial charge on any atom is -0.369 e. The second-order valence-electron chi connectivity index (χ2n) is 5.95. The zero-order chi connectivity index (χ0) is 15.8. The first-order valence-electron chi connectivity index (χ1n) is 7.87. The predicted octanol–water partition coefficient (Wildman–Crippen LogP) is 3.88. The Morgan fingerprint density at radius 2 is 1.91 bits per heavy atom. The summed E-state index contributed by atoms with van der Waals surface area (Å²) in [5, 5.41) is 8.29. The van der Waals surface area contributed by atoms with E-state index < -0.39 is 0 Å². The van der Waals surface area contributed by atoms with Gasteiger partial charge in [0, 0.05) is 18.5 Å². The molecule has 1 aromatic heterocycles. The lowest BCUT2D eigenvalue weighted by Crippen LogP contribution is -2.06. The number of aryl methyl sites for hydroxylation is 1. The van der Waals surface area contributed by atoms with Crippen molar-refractivity contribution in [2.24, 2.45) is 0 Å². The van der Waals surface area contributed by atoms with Crippen molar-refractivity contribution >= 4 is 5.82 Å². The highest BCUT2D eigenvalue weighted by Gasteiger charge is 2.23. The standard InChI is InChI=1S/C19H18FN3/c1-13-4-2-3-5-18(13)23-19-16(10-11-21-19)17(22-23)12-14-6-8-15(20)9-7-14/h2-9,21H,10-12H2,1H3. The Hall–Kier alpha value is -2.62. The van der Waals surface area contributed by atoms with Crippen LogP contribution in [0.5, 0.6) is 0 Å². The summed E-state index contributed by atoms with van der Waals surface area (Å²) in [7, 11) is 0. The molecule has 0 saturated carbocycles. The van der Waals surface area contributed by atoms with Gasteiger partial charge in [0.05, 0.1) is 11.4 Å². The van der Waals surface area contributed by atoms with Crippen molar-refractivity contribution in [3.63, 3.8) is 0 Å². The summed E-state index contributed by atoms with van der Waals surface area (Å²) in [5.41, 5.74) is 5.72. The lowest BCUT2D eigenvalue weighted by atomic mass is 10.1. The van der Waals surface area contributed by atoms with E-state index >= 15 is 0 Å². The second-order valence-corrected chi connectivity index (χ2v) is 5.95. The minimum atomic E-state index is -0.203. The van der Waals surface area contributed by atoms with E-state index in [1.807, 2.05) is 28.9 Å². The first-order valence-corrected chi connectivity index (χ1v) is 7.87. The van der Waals surface area contributed by atoms with Crippen molar-refractivity contribution < 1.29 is 4.39 Å². The highest BCUT2D eigenvalue weighted by molar-refractivity contribution is 5.58. The van der Waals surface area contributed by atoms with Crippen LogP contribution in [0.3, 0.4) is 0 Å². The topological polar surface area (TPSA) is 29.9 Å². The van der Waals surface area contributed by atoms with Gasteiger partial charge in [-0.1, -0.05) is 30.3 Å². The quantitative estimate of drug-likeness (QED) is 0.796. The van der Waals surface area contributed by atoms with Gasteiger partial charge in [0.1, 0.15) is 11.6 Å². The number of nitrogens with zero attached hydrogens (tertiary/aromatic N) is 2. The largest absolute Gasteiger partial charge is 0.369 e. The van der Waals surface area contributed by atoms with Gasteiger partial charge in [-0.15, -0.1) is 0 Å². The summed E-state index contributed by atoms with van der Waals surface area (Å²) in [6, 6.07) is 14.9. The molecule has 4 heteroatoms. The van der Waals surface area contributed by atoms with E-state index in [0.717, 1.165) is 42.1 Å². The van der Waals surface area contributed by atoms with Gasteiger partial charge >= 0.3 is 0 Å².